The minimum Gasteiger partial charge on any atom is -0.467 e. The first-order chi connectivity index (χ1) is 12.7. The molecule has 26 heavy (non-hydrogen) atoms. The van der Waals surface area contributed by atoms with Crippen LogP contribution < -0.4 is 15.0 Å². The van der Waals surface area contributed by atoms with Gasteiger partial charge in [-0.25, -0.2) is 0 Å². The topological polar surface area (TPSA) is 89.5 Å². The second-order valence-electron chi connectivity index (χ2n) is 5.68. The number of hydrogen-bond donors (Lipinski definition) is 1. The Morgan fingerprint density at radius 1 is 1.27 bits per heavy atom. The number of halogens is 1. The Bertz CT molecular complexity index is 768. The molecule has 1 fully saturated rings. The van der Waals surface area contributed by atoms with Crippen molar-refractivity contribution in [3.8, 4) is 6.01 Å². The minimum atomic E-state index is -0.162. The molecule has 0 atom stereocenters. The first-order valence-electron chi connectivity index (χ1n) is 8.27. The standard InChI is InChI=1S/C17H20ClN5O3/c1-25-17-21-14(20-16(22-17)23-6-8-26-9-7-23)11-19-15(24)10-12-4-2-3-5-13(12)18/h2-5H,6-11H2,1H3,(H,19,24). The van der Waals surface area contributed by atoms with Gasteiger partial charge in [0.25, 0.3) is 0 Å². The molecule has 1 saturated heterocycles. The molecule has 3 rings (SSSR count). The molecule has 2 heterocycles. The van der Waals surface area contributed by atoms with Crippen LogP contribution in [-0.4, -0.2) is 54.3 Å². The van der Waals surface area contributed by atoms with Crippen molar-refractivity contribution >= 4 is 23.5 Å². The quantitative estimate of drug-likeness (QED) is 0.809. The smallest absolute Gasteiger partial charge is 0.321 e. The van der Waals surface area contributed by atoms with Gasteiger partial charge in [0.05, 0.1) is 33.3 Å². The van der Waals surface area contributed by atoms with Gasteiger partial charge in [-0.2, -0.15) is 15.0 Å². The van der Waals surface area contributed by atoms with E-state index in [-0.39, 0.29) is 24.9 Å². The van der Waals surface area contributed by atoms with Gasteiger partial charge in [0.15, 0.2) is 5.82 Å². The average molecular weight is 378 g/mol. The Hall–Kier alpha value is -2.45. The summed E-state index contributed by atoms with van der Waals surface area (Å²) in [4.78, 5) is 27.1. The molecule has 0 radical (unpaired) electrons. The first-order valence-corrected chi connectivity index (χ1v) is 8.65. The Balaban J connectivity index is 1.65. The monoisotopic (exact) mass is 377 g/mol. The van der Waals surface area contributed by atoms with Gasteiger partial charge < -0.3 is 19.7 Å². The van der Waals surface area contributed by atoms with Crippen molar-refractivity contribution in [2.75, 3.05) is 38.3 Å². The van der Waals surface area contributed by atoms with Gasteiger partial charge in [-0.1, -0.05) is 29.8 Å². The summed E-state index contributed by atoms with van der Waals surface area (Å²) in [5, 5.41) is 3.38. The number of carbonyl (C=O) groups is 1. The van der Waals surface area contributed by atoms with Crippen molar-refractivity contribution in [2.24, 2.45) is 0 Å². The van der Waals surface area contributed by atoms with E-state index in [1.54, 1.807) is 6.07 Å². The van der Waals surface area contributed by atoms with Crippen LogP contribution in [0.15, 0.2) is 24.3 Å². The van der Waals surface area contributed by atoms with E-state index in [1.165, 1.54) is 7.11 Å². The number of carbonyl (C=O) groups excluding carboxylic acids is 1. The number of benzene rings is 1. The lowest BCUT2D eigenvalue weighted by Crippen LogP contribution is -2.37. The van der Waals surface area contributed by atoms with Crippen LogP contribution in [0.4, 0.5) is 5.95 Å². The van der Waals surface area contributed by atoms with Gasteiger partial charge in [0.1, 0.15) is 0 Å². The lowest BCUT2D eigenvalue weighted by atomic mass is 10.1. The van der Waals surface area contributed by atoms with Gasteiger partial charge in [-0.15, -0.1) is 0 Å². The van der Waals surface area contributed by atoms with E-state index in [0.29, 0.717) is 43.1 Å². The van der Waals surface area contributed by atoms with Gasteiger partial charge >= 0.3 is 6.01 Å². The highest BCUT2D eigenvalue weighted by Crippen LogP contribution is 2.16. The summed E-state index contributed by atoms with van der Waals surface area (Å²) < 4.78 is 10.5. The first kappa shape index (κ1) is 18.3. The summed E-state index contributed by atoms with van der Waals surface area (Å²) in [5.41, 5.74) is 0.772. The highest BCUT2D eigenvalue weighted by molar-refractivity contribution is 6.31. The number of methoxy groups -OCH3 is 1. The lowest BCUT2D eigenvalue weighted by Gasteiger charge is -2.26. The van der Waals surface area contributed by atoms with Crippen molar-refractivity contribution in [1.82, 2.24) is 20.3 Å². The van der Waals surface area contributed by atoms with Crippen LogP contribution in [0.5, 0.6) is 6.01 Å². The van der Waals surface area contributed by atoms with Gasteiger partial charge in [-0.3, -0.25) is 4.79 Å². The number of aromatic nitrogens is 3. The van der Waals surface area contributed by atoms with E-state index in [4.69, 9.17) is 21.1 Å². The number of amides is 1. The van der Waals surface area contributed by atoms with E-state index >= 15 is 0 Å². The van der Waals surface area contributed by atoms with Crippen LogP contribution in [0.25, 0.3) is 0 Å². The zero-order valence-electron chi connectivity index (χ0n) is 14.4. The Labute approximate surface area is 156 Å². The number of anilines is 1. The third kappa shape index (κ3) is 4.80. The van der Waals surface area contributed by atoms with Crippen LogP contribution in [0.2, 0.25) is 5.02 Å². The molecule has 0 saturated carbocycles. The number of rotatable bonds is 6. The number of morpholine rings is 1. The highest BCUT2D eigenvalue weighted by atomic mass is 35.5. The van der Waals surface area contributed by atoms with Crippen LogP contribution in [0.3, 0.4) is 0 Å². The Morgan fingerprint density at radius 2 is 2.04 bits per heavy atom. The van der Waals surface area contributed by atoms with E-state index < -0.39 is 0 Å². The number of nitrogens with zero attached hydrogens (tertiary/aromatic N) is 4. The zero-order chi connectivity index (χ0) is 18.4. The fraction of sp³-hybridized carbons (Fsp3) is 0.412. The SMILES string of the molecule is COc1nc(CNC(=O)Cc2ccccc2Cl)nc(N2CCOCC2)n1. The maximum Gasteiger partial charge on any atom is 0.321 e. The zero-order valence-corrected chi connectivity index (χ0v) is 15.2. The third-order valence-electron chi connectivity index (χ3n) is 3.88. The average Bonchev–Trinajstić information content (AvgIpc) is 2.68. The third-order valence-corrected chi connectivity index (χ3v) is 4.25. The van der Waals surface area contributed by atoms with Crippen LogP contribution in [0, 0.1) is 0 Å². The predicted octanol–water partition coefficient (Wildman–Crippen LogP) is 1.23. The van der Waals surface area contributed by atoms with Gasteiger partial charge in [0, 0.05) is 18.1 Å². The minimum absolute atomic E-state index is 0.162. The van der Waals surface area contributed by atoms with Crippen molar-refractivity contribution in [2.45, 2.75) is 13.0 Å². The van der Waals surface area contributed by atoms with Crippen molar-refractivity contribution in [3.05, 3.63) is 40.7 Å². The molecule has 1 aliphatic heterocycles. The lowest BCUT2D eigenvalue weighted by molar-refractivity contribution is -0.120. The van der Waals surface area contributed by atoms with E-state index in [0.717, 1.165) is 5.56 Å². The Kier molecular flexibility index (Phi) is 6.19. The fourth-order valence-electron chi connectivity index (χ4n) is 2.52. The molecule has 1 N–H and O–H groups in total. The number of nitrogens with one attached hydrogen (secondary N) is 1. The molecule has 1 amide bonds. The molecule has 0 bridgehead atoms. The molecule has 1 aromatic heterocycles. The van der Waals surface area contributed by atoms with Crippen LogP contribution >= 0.6 is 11.6 Å². The number of ether oxygens (including phenoxy) is 2. The van der Waals surface area contributed by atoms with Crippen molar-refractivity contribution in [1.29, 1.82) is 0 Å². The molecule has 0 unspecified atom stereocenters. The molecule has 1 aliphatic rings. The largest absolute Gasteiger partial charge is 0.467 e. The normalized spacial score (nSPS) is 14.2. The predicted molar refractivity (Wildman–Crippen MR) is 96.4 cm³/mol. The molecule has 9 heteroatoms. The van der Waals surface area contributed by atoms with E-state index in [1.807, 2.05) is 23.1 Å². The molecule has 138 valence electrons. The van der Waals surface area contributed by atoms with E-state index in [9.17, 15) is 4.79 Å². The summed E-state index contributed by atoms with van der Waals surface area (Å²) in [6, 6.07) is 7.48. The van der Waals surface area contributed by atoms with Crippen molar-refractivity contribution < 1.29 is 14.3 Å². The Morgan fingerprint density at radius 3 is 2.77 bits per heavy atom. The summed E-state index contributed by atoms with van der Waals surface area (Å²) in [7, 11) is 1.50. The molecule has 2 aromatic rings. The second kappa shape index (κ2) is 8.77. The molecule has 0 spiro atoms. The highest BCUT2D eigenvalue weighted by Gasteiger charge is 2.17. The molecule has 8 nitrogen and oxygen atoms in total. The summed E-state index contributed by atoms with van der Waals surface area (Å²) in [6.07, 6.45) is 0.193. The van der Waals surface area contributed by atoms with Gasteiger partial charge in [0.2, 0.25) is 11.9 Å². The second-order valence-corrected chi connectivity index (χ2v) is 6.09. The summed E-state index contributed by atoms with van der Waals surface area (Å²) in [5.74, 6) is 0.798. The molecular formula is C17H20ClN5O3. The van der Waals surface area contributed by atoms with Crippen LogP contribution in [-0.2, 0) is 22.5 Å². The fourth-order valence-corrected chi connectivity index (χ4v) is 2.72. The summed E-state index contributed by atoms with van der Waals surface area (Å²) >= 11 is 6.09. The van der Waals surface area contributed by atoms with Gasteiger partial charge in [-0.05, 0) is 11.6 Å². The maximum absolute atomic E-state index is 12.2. The van der Waals surface area contributed by atoms with Crippen LogP contribution in [0.1, 0.15) is 11.4 Å². The number of hydrogen-bond acceptors (Lipinski definition) is 7. The molecular weight excluding hydrogens is 358 g/mol. The molecule has 1 aromatic carbocycles. The summed E-state index contributed by atoms with van der Waals surface area (Å²) in [6.45, 7) is 2.83. The molecule has 0 aliphatic carbocycles. The van der Waals surface area contributed by atoms with E-state index in [2.05, 4.69) is 20.3 Å². The van der Waals surface area contributed by atoms with Crippen molar-refractivity contribution in [3.63, 3.8) is 0 Å². The maximum atomic E-state index is 12.2.